The lowest BCUT2D eigenvalue weighted by molar-refractivity contribution is 0.0521. The fourth-order valence-corrected chi connectivity index (χ4v) is 1.83. The summed E-state index contributed by atoms with van der Waals surface area (Å²) < 4.78 is 34.6. The molecule has 0 aromatic rings. The molecule has 1 amide bonds. The Labute approximate surface area is 96.1 Å². The van der Waals surface area contributed by atoms with Gasteiger partial charge in [-0.1, -0.05) is 6.92 Å². The third-order valence-corrected chi connectivity index (χ3v) is 2.48. The zero-order chi connectivity index (χ0) is 13.0. The van der Waals surface area contributed by atoms with Gasteiger partial charge in [-0.25, -0.2) is 4.79 Å². The Balaban J connectivity index is 3.94. The first-order chi connectivity index (χ1) is 6.99. The van der Waals surface area contributed by atoms with Crippen LogP contribution in [0.25, 0.3) is 0 Å². The van der Waals surface area contributed by atoms with Crippen LogP contribution >= 0.6 is 0 Å². The van der Waals surface area contributed by atoms with E-state index in [0.29, 0.717) is 0 Å². The highest BCUT2D eigenvalue weighted by atomic mass is 32.2. The lowest BCUT2D eigenvalue weighted by Crippen LogP contribution is -2.36. The summed E-state index contributed by atoms with van der Waals surface area (Å²) in [6.07, 6.45) is -0.602. The maximum atomic E-state index is 11.2. The highest BCUT2D eigenvalue weighted by Crippen LogP contribution is 2.06. The van der Waals surface area contributed by atoms with Gasteiger partial charge in [0, 0.05) is 6.54 Å². The van der Waals surface area contributed by atoms with E-state index in [0.717, 1.165) is 0 Å². The first kappa shape index (κ1) is 15.2. The van der Waals surface area contributed by atoms with Crippen molar-refractivity contribution in [2.24, 2.45) is 5.92 Å². The molecule has 0 aliphatic heterocycles. The summed E-state index contributed by atoms with van der Waals surface area (Å²) in [5.41, 5.74) is -0.587. The summed E-state index contributed by atoms with van der Waals surface area (Å²) in [6, 6.07) is 0. The van der Waals surface area contributed by atoms with Crippen molar-refractivity contribution in [3.8, 4) is 0 Å². The van der Waals surface area contributed by atoms with Crippen LogP contribution in [0.5, 0.6) is 0 Å². The van der Waals surface area contributed by atoms with Gasteiger partial charge in [-0.15, -0.1) is 0 Å². The molecular formula is C9H19NO5S. The van der Waals surface area contributed by atoms with Crippen LogP contribution in [0.15, 0.2) is 0 Å². The third-order valence-electron chi connectivity index (χ3n) is 1.49. The topological polar surface area (TPSA) is 92.7 Å². The first-order valence-electron chi connectivity index (χ1n) is 4.91. The number of hydrogen-bond donors (Lipinski definition) is 2. The standard InChI is InChI=1S/C9H19NO5S/c1-7(6-16(12,13)14)5-10-8(11)15-9(2,3)4/h7H,5-6H2,1-4H3,(H,10,11)(H,12,13,14)/t7-/m1/s1. The van der Waals surface area contributed by atoms with Crippen molar-refractivity contribution in [3.63, 3.8) is 0 Å². The van der Waals surface area contributed by atoms with Crippen LogP contribution in [0.2, 0.25) is 0 Å². The smallest absolute Gasteiger partial charge is 0.407 e. The van der Waals surface area contributed by atoms with Crippen molar-refractivity contribution in [2.45, 2.75) is 33.3 Å². The number of nitrogens with one attached hydrogen (secondary N) is 1. The molecule has 0 aliphatic carbocycles. The van der Waals surface area contributed by atoms with Crippen LogP contribution in [-0.2, 0) is 14.9 Å². The molecule has 0 spiro atoms. The Bertz CT molecular complexity index is 330. The summed E-state index contributed by atoms with van der Waals surface area (Å²) in [5.74, 6) is -0.759. The van der Waals surface area contributed by atoms with Crippen molar-refractivity contribution >= 4 is 16.2 Å². The molecule has 0 aromatic heterocycles. The monoisotopic (exact) mass is 253 g/mol. The Hall–Kier alpha value is -0.820. The Morgan fingerprint density at radius 2 is 1.94 bits per heavy atom. The average molecular weight is 253 g/mol. The van der Waals surface area contributed by atoms with Crippen LogP contribution in [0.3, 0.4) is 0 Å². The average Bonchev–Trinajstić information content (AvgIpc) is 1.94. The molecule has 0 heterocycles. The number of alkyl carbamates (subject to hydrolysis) is 1. The third kappa shape index (κ3) is 9.72. The summed E-state index contributed by atoms with van der Waals surface area (Å²) in [5, 5.41) is 2.42. The molecule has 7 heteroatoms. The largest absolute Gasteiger partial charge is 0.444 e. The normalized spacial score (nSPS) is 14.3. The summed E-state index contributed by atoms with van der Waals surface area (Å²) in [6.45, 7) is 6.93. The number of amides is 1. The Morgan fingerprint density at radius 3 is 2.31 bits per heavy atom. The molecule has 6 nitrogen and oxygen atoms in total. The van der Waals surface area contributed by atoms with Gasteiger partial charge in [-0.05, 0) is 26.7 Å². The Kier molecular flexibility index (Phi) is 5.21. The van der Waals surface area contributed by atoms with Crippen LogP contribution in [0.1, 0.15) is 27.7 Å². The number of carbonyl (C=O) groups excluding carboxylic acids is 1. The van der Waals surface area contributed by atoms with Crippen molar-refractivity contribution in [1.82, 2.24) is 5.32 Å². The van der Waals surface area contributed by atoms with E-state index in [9.17, 15) is 13.2 Å². The molecule has 0 fully saturated rings. The molecule has 2 N–H and O–H groups in total. The SMILES string of the molecule is C[C@H](CNC(=O)OC(C)(C)C)CS(=O)(=O)O. The van der Waals surface area contributed by atoms with Gasteiger partial charge < -0.3 is 10.1 Å². The molecule has 1 atom stereocenters. The minimum atomic E-state index is -4.00. The zero-order valence-corrected chi connectivity index (χ0v) is 10.8. The molecular weight excluding hydrogens is 234 g/mol. The van der Waals surface area contributed by atoms with E-state index < -0.39 is 21.8 Å². The summed E-state index contributed by atoms with van der Waals surface area (Å²) >= 11 is 0. The van der Waals surface area contributed by atoms with Gasteiger partial charge >= 0.3 is 6.09 Å². The quantitative estimate of drug-likeness (QED) is 0.730. The van der Waals surface area contributed by atoms with Crippen LogP contribution < -0.4 is 5.32 Å². The van der Waals surface area contributed by atoms with Crippen molar-refractivity contribution < 1.29 is 22.5 Å². The fourth-order valence-electron chi connectivity index (χ4n) is 0.990. The van der Waals surface area contributed by atoms with Gasteiger partial charge in [0.2, 0.25) is 0 Å². The predicted octanol–water partition coefficient (Wildman–Crippen LogP) is 1.04. The number of ether oxygens (including phenoxy) is 1. The van der Waals surface area contributed by atoms with E-state index in [-0.39, 0.29) is 18.2 Å². The molecule has 0 rings (SSSR count). The number of carbonyl (C=O) groups is 1. The van der Waals surface area contributed by atoms with Crippen LogP contribution in [-0.4, -0.2) is 37.0 Å². The van der Waals surface area contributed by atoms with Crippen molar-refractivity contribution in [3.05, 3.63) is 0 Å². The van der Waals surface area contributed by atoms with Crippen molar-refractivity contribution in [2.75, 3.05) is 12.3 Å². The molecule has 0 aromatic carbocycles. The van der Waals surface area contributed by atoms with Gasteiger partial charge in [0.15, 0.2) is 0 Å². The molecule has 0 aliphatic rings. The van der Waals surface area contributed by atoms with E-state index in [4.69, 9.17) is 9.29 Å². The highest BCUT2D eigenvalue weighted by molar-refractivity contribution is 7.85. The molecule has 0 saturated heterocycles. The second-order valence-corrected chi connectivity index (χ2v) is 6.23. The highest BCUT2D eigenvalue weighted by Gasteiger charge is 2.17. The van der Waals surface area contributed by atoms with E-state index in [1.165, 1.54) is 0 Å². The van der Waals surface area contributed by atoms with E-state index in [1.54, 1.807) is 27.7 Å². The Morgan fingerprint density at radius 1 is 1.44 bits per heavy atom. The van der Waals surface area contributed by atoms with Gasteiger partial charge in [-0.3, -0.25) is 4.55 Å². The molecule has 96 valence electrons. The second-order valence-electron chi connectivity index (χ2n) is 4.74. The molecule has 0 radical (unpaired) electrons. The lowest BCUT2D eigenvalue weighted by atomic mass is 10.2. The van der Waals surface area contributed by atoms with Crippen molar-refractivity contribution in [1.29, 1.82) is 0 Å². The number of hydrogen-bond acceptors (Lipinski definition) is 4. The first-order valence-corrected chi connectivity index (χ1v) is 6.52. The maximum absolute atomic E-state index is 11.2. The molecule has 0 saturated carbocycles. The van der Waals surface area contributed by atoms with Gasteiger partial charge in [0.05, 0.1) is 5.75 Å². The second kappa shape index (κ2) is 5.49. The van der Waals surface area contributed by atoms with E-state index in [2.05, 4.69) is 5.32 Å². The fraction of sp³-hybridized carbons (Fsp3) is 0.889. The van der Waals surface area contributed by atoms with E-state index in [1.807, 2.05) is 0 Å². The summed E-state index contributed by atoms with van der Waals surface area (Å²) in [7, 11) is -4.00. The summed E-state index contributed by atoms with van der Waals surface area (Å²) in [4.78, 5) is 11.2. The minimum absolute atomic E-state index is 0.134. The van der Waals surface area contributed by atoms with Crippen LogP contribution in [0.4, 0.5) is 4.79 Å². The van der Waals surface area contributed by atoms with Crippen LogP contribution in [0, 0.1) is 5.92 Å². The van der Waals surface area contributed by atoms with E-state index >= 15 is 0 Å². The zero-order valence-electron chi connectivity index (χ0n) is 9.98. The maximum Gasteiger partial charge on any atom is 0.407 e. The molecule has 0 bridgehead atoms. The van der Waals surface area contributed by atoms with Gasteiger partial charge in [-0.2, -0.15) is 8.42 Å². The molecule has 0 unspecified atom stereocenters. The lowest BCUT2D eigenvalue weighted by Gasteiger charge is -2.20. The van der Waals surface area contributed by atoms with Gasteiger partial charge in [0.25, 0.3) is 10.1 Å². The minimum Gasteiger partial charge on any atom is -0.444 e. The number of rotatable bonds is 4. The van der Waals surface area contributed by atoms with Gasteiger partial charge in [0.1, 0.15) is 5.60 Å². The molecule has 16 heavy (non-hydrogen) atoms. The predicted molar refractivity (Wildman–Crippen MR) is 59.8 cm³/mol.